The molecule has 0 spiro atoms. The van der Waals surface area contributed by atoms with Gasteiger partial charge in [-0.1, -0.05) is 0 Å². The quantitative estimate of drug-likeness (QED) is 0.341. The first-order valence-corrected chi connectivity index (χ1v) is 11.1. The number of hydrogen-bond donors (Lipinski definition) is 4. The van der Waals surface area contributed by atoms with Crippen molar-refractivity contribution in [1.82, 2.24) is 20.6 Å². The first kappa shape index (κ1) is 25.0. The number of thiol groups is 1. The Balaban J connectivity index is 1.34. The number of nitriles is 1. The van der Waals surface area contributed by atoms with Crippen LogP contribution in [0.25, 0.3) is 0 Å². The van der Waals surface area contributed by atoms with Crippen LogP contribution in [0.1, 0.15) is 40.2 Å². The Bertz CT molecular complexity index is 1330. The van der Waals surface area contributed by atoms with Crippen molar-refractivity contribution in [3.63, 3.8) is 0 Å². The Hall–Kier alpha value is -4.11. The van der Waals surface area contributed by atoms with Gasteiger partial charge in [0.05, 0.1) is 35.2 Å². The highest BCUT2D eigenvalue weighted by Crippen LogP contribution is 2.38. The highest BCUT2D eigenvalue weighted by atomic mass is 32.1. The number of nitrogens with zero attached hydrogens (tertiary/aromatic N) is 3. The third-order valence-electron chi connectivity index (χ3n) is 5.52. The number of halogens is 3. The van der Waals surface area contributed by atoms with Crippen LogP contribution >= 0.6 is 12.6 Å². The molecule has 0 bridgehead atoms. The molecule has 8 nitrogen and oxygen atoms in total. The third-order valence-corrected chi connectivity index (χ3v) is 5.76. The lowest BCUT2D eigenvalue weighted by atomic mass is 10.1. The van der Waals surface area contributed by atoms with Crippen LogP contribution in [0.5, 0.6) is 0 Å². The predicted molar refractivity (Wildman–Crippen MR) is 127 cm³/mol. The van der Waals surface area contributed by atoms with Gasteiger partial charge < -0.3 is 16.0 Å². The molecular formula is C24H19F3N6O2S. The lowest BCUT2D eigenvalue weighted by Crippen LogP contribution is -2.48. The van der Waals surface area contributed by atoms with Crippen LogP contribution in [0.15, 0.2) is 54.9 Å². The Labute approximate surface area is 209 Å². The van der Waals surface area contributed by atoms with Gasteiger partial charge in [-0.3, -0.25) is 14.6 Å². The second-order valence-corrected chi connectivity index (χ2v) is 8.72. The maximum atomic E-state index is 13.7. The summed E-state index contributed by atoms with van der Waals surface area (Å²) >= 11 is 3.23. The van der Waals surface area contributed by atoms with E-state index >= 15 is 0 Å². The van der Waals surface area contributed by atoms with E-state index in [4.69, 9.17) is 5.26 Å². The highest BCUT2D eigenvalue weighted by Gasteiger charge is 2.51. The van der Waals surface area contributed by atoms with E-state index in [2.05, 4.69) is 38.5 Å². The molecule has 3 aromatic rings. The topological polar surface area (TPSA) is 120 Å². The normalized spacial score (nSPS) is 13.9. The van der Waals surface area contributed by atoms with Gasteiger partial charge in [0, 0.05) is 11.9 Å². The second kappa shape index (κ2) is 9.87. The molecule has 1 aromatic carbocycles. The Morgan fingerprint density at radius 3 is 2.47 bits per heavy atom. The summed E-state index contributed by atoms with van der Waals surface area (Å²) in [5.74, 6) is -1.65. The maximum Gasteiger partial charge on any atom is 0.318 e. The summed E-state index contributed by atoms with van der Waals surface area (Å²) in [6.07, 6.45) is 3.60. The van der Waals surface area contributed by atoms with E-state index in [9.17, 15) is 22.8 Å². The SMILES string of the molecule is N#Cc1ccc(C(=O)NC2(C(=O)NCc3ccc(Nc4ccc(F)cc4C(F)(F)S)cn3)CC2)cn1. The standard InChI is InChI=1S/C24H19F3N6O2S/c25-15-2-6-20(19(9-15)24(26,27)36)32-18-5-4-17(30-13-18)12-31-22(35)23(7-8-23)33-21(34)14-1-3-16(10-28)29-11-14/h1-6,9,11,13,32,36H,7-8,12H2,(H,31,35)(H,33,34). The van der Waals surface area contributed by atoms with Crippen LogP contribution in [0.4, 0.5) is 24.5 Å². The molecule has 0 saturated heterocycles. The van der Waals surface area contributed by atoms with Crippen molar-refractivity contribution < 1.29 is 22.8 Å². The summed E-state index contributed by atoms with van der Waals surface area (Å²) in [5, 5.41) is 13.5. The monoisotopic (exact) mass is 512 g/mol. The number of alkyl halides is 2. The number of anilines is 2. The number of hydrogen-bond acceptors (Lipinski definition) is 7. The number of pyridine rings is 2. The van der Waals surface area contributed by atoms with Crippen LogP contribution < -0.4 is 16.0 Å². The van der Waals surface area contributed by atoms with Crippen LogP contribution in [0.3, 0.4) is 0 Å². The van der Waals surface area contributed by atoms with Crippen molar-refractivity contribution in [2.45, 2.75) is 30.2 Å². The number of carbonyl (C=O) groups is 2. The second-order valence-electron chi connectivity index (χ2n) is 8.16. The summed E-state index contributed by atoms with van der Waals surface area (Å²) in [7, 11) is 0. The summed E-state index contributed by atoms with van der Waals surface area (Å²) in [6.45, 7) is 0.0751. The van der Waals surface area contributed by atoms with Crippen molar-refractivity contribution >= 4 is 35.8 Å². The van der Waals surface area contributed by atoms with Gasteiger partial charge in [0.25, 0.3) is 5.91 Å². The van der Waals surface area contributed by atoms with E-state index in [-0.39, 0.29) is 29.4 Å². The molecule has 3 N–H and O–H groups in total. The summed E-state index contributed by atoms with van der Waals surface area (Å²) in [4.78, 5) is 33.2. The molecule has 2 aromatic heterocycles. The summed E-state index contributed by atoms with van der Waals surface area (Å²) in [6, 6.07) is 10.8. The minimum absolute atomic E-state index is 0.0249. The summed E-state index contributed by atoms with van der Waals surface area (Å²) < 4.78 is 40.8. The van der Waals surface area contributed by atoms with E-state index in [1.807, 2.05) is 6.07 Å². The van der Waals surface area contributed by atoms with E-state index < -0.39 is 28.1 Å². The van der Waals surface area contributed by atoms with E-state index in [1.54, 1.807) is 12.1 Å². The van der Waals surface area contributed by atoms with Crippen molar-refractivity contribution in [1.29, 1.82) is 5.26 Å². The van der Waals surface area contributed by atoms with Crippen LogP contribution in [0, 0.1) is 17.1 Å². The molecule has 2 heterocycles. The molecule has 1 aliphatic rings. The van der Waals surface area contributed by atoms with Gasteiger partial charge in [0.1, 0.15) is 23.1 Å². The first-order valence-electron chi connectivity index (χ1n) is 10.7. The van der Waals surface area contributed by atoms with Gasteiger partial charge in [0.15, 0.2) is 0 Å². The van der Waals surface area contributed by atoms with Crippen molar-refractivity contribution in [3.8, 4) is 6.07 Å². The molecule has 36 heavy (non-hydrogen) atoms. The number of rotatable bonds is 8. The Kier molecular flexibility index (Phi) is 6.85. The third kappa shape index (κ3) is 5.75. The fourth-order valence-electron chi connectivity index (χ4n) is 3.39. The van der Waals surface area contributed by atoms with Gasteiger partial charge in [-0.15, -0.1) is 12.6 Å². The lowest BCUT2D eigenvalue weighted by Gasteiger charge is -2.18. The average Bonchev–Trinajstić information content (AvgIpc) is 3.64. The molecule has 0 radical (unpaired) electrons. The zero-order valence-electron chi connectivity index (χ0n) is 18.6. The fraction of sp³-hybridized carbons (Fsp3) is 0.208. The van der Waals surface area contributed by atoms with E-state index in [0.717, 1.165) is 6.07 Å². The minimum atomic E-state index is -3.55. The summed E-state index contributed by atoms with van der Waals surface area (Å²) in [5.41, 5.74) is -0.388. The number of nitrogens with one attached hydrogen (secondary N) is 3. The van der Waals surface area contributed by atoms with Crippen LogP contribution in [-0.4, -0.2) is 27.3 Å². The molecule has 2 amide bonds. The highest BCUT2D eigenvalue weighted by molar-refractivity contribution is 7.81. The molecule has 0 aliphatic heterocycles. The van der Waals surface area contributed by atoms with Crippen LogP contribution in [0.2, 0.25) is 0 Å². The molecule has 1 aliphatic carbocycles. The van der Waals surface area contributed by atoms with Gasteiger partial charge in [-0.25, -0.2) is 9.37 Å². The van der Waals surface area contributed by atoms with Crippen molar-refractivity contribution in [3.05, 3.63) is 83.2 Å². The van der Waals surface area contributed by atoms with Gasteiger partial charge in [-0.2, -0.15) is 14.0 Å². The van der Waals surface area contributed by atoms with Gasteiger partial charge in [0.2, 0.25) is 5.91 Å². The molecular weight excluding hydrogens is 493 g/mol. The number of aromatic nitrogens is 2. The van der Waals surface area contributed by atoms with Crippen molar-refractivity contribution in [2.75, 3.05) is 5.32 Å². The molecule has 4 rings (SSSR count). The van der Waals surface area contributed by atoms with Crippen molar-refractivity contribution in [2.24, 2.45) is 0 Å². The molecule has 1 saturated carbocycles. The Morgan fingerprint density at radius 2 is 1.89 bits per heavy atom. The Morgan fingerprint density at radius 1 is 1.11 bits per heavy atom. The largest absolute Gasteiger partial charge is 0.354 e. The van der Waals surface area contributed by atoms with Gasteiger partial charge in [-0.05, 0) is 55.3 Å². The maximum absolute atomic E-state index is 13.7. The van der Waals surface area contributed by atoms with E-state index in [0.29, 0.717) is 30.3 Å². The number of benzene rings is 1. The average molecular weight is 513 g/mol. The molecule has 0 unspecified atom stereocenters. The fourth-order valence-corrected chi connectivity index (χ4v) is 3.58. The van der Waals surface area contributed by atoms with Crippen LogP contribution in [-0.2, 0) is 16.6 Å². The smallest absolute Gasteiger partial charge is 0.318 e. The molecule has 184 valence electrons. The molecule has 1 fully saturated rings. The zero-order valence-corrected chi connectivity index (χ0v) is 19.5. The number of carbonyl (C=O) groups excluding carboxylic acids is 2. The lowest BCUT2D eigenvalue weighted by molar-refractivity contribution is -0.124. The predicted octanol–water partition coefficient (Wildman–Crippen LogP) is 3.79. The minimum Gasteiger partial charge on any atom is -0.354 e. The number of amides is 2. The first-order chi connectivity index (χ1) is 17.1. The van der Waals surface area contributed by atoms with Gasteiger partial charge >= 0.3 is 5.25 Å². The molecule has 12 heteroatoms. The molecule has 0 atom stereocenters. The van der Waals surface area contributed by atoms with E-state index in [1.165, 1.54) is 30.6 Å². The zero-order chi connectivity index (χ0) is 25.9.